The van der Waals surface area contributed by atoms with E-state index >= 15 is 0 Å². The van der Waals surface area contributed by atoms with E-state index in [-0.39, 0.29) is 0 Å². The van der Waals surface area contributed by atoms with E-state index in [9.17, 15) is 0 Å². The second-order valence-electron chi connectivity index (χ2n) is 4.43. The Balaban J connectivity index is 2.08. The van der Waals surface area contributed by atoms with Gasteiger partial charge in [0.05, 0.1) is 30.1 Å². The molecule has 3 nitrogen and oxygen atoms in total. The van der Waals surface area contributed by atoms with Crippen LogP contribution in [0.1, 0.15) is 0 Å². The van der Waals surface area contributed by atoms with Crippen LogP contribution in [-0.2, 0) is 0 Å². The summed E-state index contributed by atoms with van der Waals surface area (Å²) >= 11 is 12.3. The molecule has 0 saturated heterocycles. The molecule has 2 aromatic rings. The number of fused-ring (bicyclic) bond motifs is 1. The van der Waals surface area contributed by atoms with Crippen LogP contribution in [0, 0.1) is 0 Å². The molecule has 0 amide bonds. The molecular formula is C15H13Cl2NO2. The molecular weight excluding hydrogens is 297 g/mol. The zero-order valence-corrected chi connectivity index (χ0v) is 12.4. The van der Waals surface area contributed by atoms with E-state index in [0.717, 1.165) is 29.4 Å². The van der Waals surface area contributed by atoms with E-state index in [1.807, 2.05) is 30.3 Å². The number of hydrogen-bond acceptors (Lipinski definition) is 3. The summed E-state index contributed by atoms with van der Waals surface area (Å²) in [6.07, 6.45) is 0. The van der Waals surface area contributed by atoms with Gasteiger partial charge < -0.3 is 14.4 Å². The molecule has 1 aliphatic rings. The van der Waals surface area contributed by atoms with E-state index in [1.165, 1.54) is 0 Å². The number of halogens is 2. The fourth-order valence-corrected chi connectivity index (χ4v) is 2.79. The highest BCUT2D eigenvalue weighted by molar-refractivity contribution is 6.36. The van der Waals surface area contributed by atoms with Crippen LogP contribution in [0.25, 0.3) is 0 Å². The quantitative estimate of drug-likeness (QED) is 0.813. The Morgan fingerprint density at radius 2 is 1.95 bits per heavy atom. The van der Waals surface area contributed by atoms with Crippen LogP contribution in [0.5, 0.6) is 11.5 Å². The first kappa shape index (κ1) is 13.4. The first-order valence-corrected chi connectivity index (χ1v) is 6.98. The summed E-state index contributed by atoms with van der Waals surface area (Å²) in [7, 11) is 1.64. The minimum atomic E-state index is 0.609. The van der Waals surface area contributed by atoms with E-state index < -0.39 is 0 Å². The van der Waals surface area contributed by atoms with E-state index in [4.69, 9.17) is 32.7 Å². The number of ether oxygens (including phenoxy) is 2. The minimum Gasteiger partial charge on any atom is -0.497 e. The summed E-state index contributed by atoms with van der Waals surface area (Å²) in [5.74, 6) is 1.60. The molecule has 0 aliphatic carbocycles. The van der Waals surface area contributed by atoms with E-state index in [0.29, 0.717) is 16.7 Å². The molecule has 0 aromatic heterocycles. The maximum Gasteiger partial charge on any atom is 0.143 e. The van der Waals surface area contributed by atoms with E-state index in [2.05, 4.69) is 4.90 Å². The third-order valence-electron chi connectivity index (χ3n) is 3.23. The summed E-state index contributed by atoms with van der Waals surface area (Å²) in [4.78, 5) is 2.11. The van der Waals surface area contributed by atoms with Crippen LogP contribution >= 0.6 is 23.2 Å². The van der Waals surface area contributed by atoms with Gasteiger partial charge in [-0.1, -0.05) is 23.2 Å². The SMILES string of the molecule is COc1ccc2c(c1)N(c1ccc(Cl)cc1Cl)CCO2. The van der Waals surface area contributed by atoms with Crippen LogP contribution in [0.3, 0.4) is 0 Å². The fraction of sp³-hybridized carbons (Fsp3) is 0.200. The zero-order chi connectivity index (χ0) is 14.1. The fourth-order valence-electron chi connectivity index (χ4n) is 2.27. The predicted octanol–water partition coefficient (Wildman–Crippen LogP) is 4.53. The Morgan fingerprint density at radius 1 is 1.10 bits per heavy atom. The highest BCUT2D eigenvalue weighted by Gasteiger charge is 2.22. The Labute approximate surface area is 127 Å². The van der Waals surface area contributed by atoms with Gasteiger partial charge in [0.15, 0.2) is 0 Å². The molecule has 0 bridgehead atoms. The lowest BCUT2D eigenvalue weighted by molar-refractivity contribution is 0.313. The Morgan fingerprint density at radius 3 is 2.70 bits per heavy atom. The first-order chi connectivity index (χ1) is 9.69. The van der Waals surface area contributed by atoms with Crippen molar-refractivity contribution < 1.29 is 9.47 Å². The van der Waals surface area contributed by atoms with Gasteiger partial charge in [-0.25, -0.2) is 0 Å². The summed E-state index contributed by atoms with van der Waals surface area (Å²) in [6.45, 7) is 1.33. The Hall–Kier alpha value is -1.58. The third-order valence-corrected chi connectivity index (χ3v) is 3.77. The molecule has 0 N–H and O–H groups in total. The van der Waals surface area contributed by atoms with Crippen molar-refractivity contribution in [2.24, 2.45) is 0 Å². The molecule has 20 heavy (non-hydrogen) atoms. The first-order valence-electron chi connectivity index (χ1n) is 6.22. The van der Waals surface area contributed by atoms with Crippen molar-refractivity contribution >= 4 is 34.6 Å². The maximum atomic E-state index is 6.30. The normalized spacial score (nSPS) is 13.7. The maximum absolute atomic E-state index is 6.30. The molecule has 1 heterocycles. The lowest BCUT2D eigenvalue weighted by Gasteiger charge is -2.32. The van der Waals surface area contributed by atoms with Gasteiger partial charge in [0.1, 0.15) is 18.1 Å². The lowest BCUT2D eigenvalue weighted by atomic mass is 10.2. The number of methoxy groups -OCH3 is 1. The second-order valence-corrected chi connectivity index (χ2v) is 5.27. The molecule has 2 aromatic carbocycles. The smallest absolute Gasteiger partial charge is 0.143 e. The van der Waals surface area contributed by atoms with Crippen molar-refractivity contribution in [3.63, 3.8) is 0 Å². The van der Waals surface area contributed by atoms with Crippen LogP contribution in [0.2, 0.25) is 10.0 Å². The van der Waals surface area contributed by atoms with Gasteiger partial charge in [-0.05, 0) is 30.3 Å². The van der Waals surface area contributed by atoms with Gasteiger partial charge in [-0.15, -0.1) is 0 Å². The van der Waals surface area contributed by atoms with Crippen molar-refractivity contribution in [1.29, 1.82) is 0 Å². The van der Waals surface area contributed by atoms with Crippen molar-refractivity contribution in [3.05, 3.63) is 46.4 Å². The third kappa shape index (κ3) is 2.39. The van der Waals surface area contributed by atoms with Crippen LogP contribution < -0.4 is 14.4 Å². The number of benzene rings is 2. The highest BCUT2D eigenvalue weighted by Crippen LogP contribution is 2.41. The number of rotatable bonds is 2. The van der Waals surface area contributed by atoms with Gasteiger partial charge in [0, 0.05) is 11.1 Å². The molecule has 1 aliphatic heterocycles. The largest absolute Gasteiger partial charge is 0.497 e. The Kier molecular flexibility index (Phi) is 3.64. The monoisotopic (exact) mass is 309 g/mol. The number of hydrogen-bond donors (Lipinski definition) is 0. The average Bonchev–Trinajstić information content (AvgIpc) is 2.46. The summed E-state index contributed by atoms with van der Waals surface area (Å²) in [5, 5.41) is 1.24. The molecule has 0 unspecified atom stereocenters. The van der Waals surface area contributed by atoms with Crippen molar-refractivity contribution in [2.75, 3.05) is 25.2 Å². The molecule has 104 valence electrons. The molecule has 0 radical (unpaired) electrons. The van der Waals surface area contributed by atoms with Crippen molar-refractivity contribution in [2.45, 2.75) is 0 Å². The Bertz CT molecular complexity index is 646. The lowest BCUT2D eigenvalue weighted by Crippen LogP contribution is -2.28. The predicted molar refractivity (Wildman–Crippen MR) is 82.0 cm³/mol. The van der Waals surface area contributed by atoms with Crippen molar-refractivity contribution in [1.82, 2.24) is 0 Å². The zero-order valence-electron chi connectivity index (χ0n) is 10.9. The van der Waals surface area contributed by atoms with Crippen LogP contribution in [0.15, 0.2) is 36.4 Å². The van der Waals surface area contributed by atoms with Gasteiger partial charge >= 0.3 is 0 Å². The van der Waals surface area contributed by atoms with Gasteiger partial charge in [0.2, 0.25) is 0 Å². The minimum absolute atomic E-state index is 0.609. The number of anilines is 2. The molecule has 5 heteroatoms. The van der Waals surface area contributed by atoms with Crippen LogP contribution in [0.4, 0.5) is 11.4 Å². The average molecular weight is 310 g/mol. The van der Waals surface area contributed by atoms with E-state index in [1.54, 1.807) is 13.2 Å². The summed E-state index contributed by atoms with van der Waals surface area (Å²) < 4.78 is 10.9. The number of nitrogens with zero attached hydrogens (tertiary/aromatic N) is 1. The van der Waals surface area contributed by atoms with Gasteiger partial charge in [0.25, 0.3) is 0 Å². The van der Waals surface area contributed by atoms with Crippen LogP contribution in [-0.4, -0.2) is 20.3 Å². The van der Waals surface area contributed by atoms with Gasteiger partial charge in [-0.2, -0.15) is 0 Å². The molecule has 0 fully saturated rings. The molecule has 0 spiro atoms. The second kappa shape index (κ2) is 5.43. The van der Waals surface area contributed by atoms with Gasteiger partial charge in [-0.3, -0.25) is 0 Å². The summed E-state index contributed by atoms with van der Waals surface area (Å²) in [5.41, 5.74) is 1.86. The summed E-state index contributed by atoms with van der Waals surface area (Å²) in [6, 6.07) is 11.2. The molecule has 3 rings (SSSR count). The standard InChI is InChI=1S/C15H13Cl2NO2/c1-19-11-3-5-15-14(9-11)18(6-7-20-15)13-4-2-10(16)8-12(13)17/h2-5,8-9H,6-7H2,1H3. The molecule has 0 atom stereocenters. The highest BCUT2D eigenvalue weighted by atomic mass is 35.5. The topological polar surface area (TPSA) is 21.7 Å². The van der Waals surface area contributed by atoms with Crippen molar-refractivity contribution in [3.8, 4) is 11.5 Å². The molecule has 0 saturated carbocycles.